The van der Waals surface area contributed by atoms with Gasteiger partial charge in [-0.15, -0.1) is 0 Å². The van der Waals surface area contributed by atoms with E-state index in [4.69, 9.17) is 4.84 Å². The first-order valence-electron chi connectivity index (χ1n) is 6.35. The highest BCUT2D eigenvalue weighted by atomic mass is 16.6. The second kappa shape index (κ2) is 4.42. The largest absolute Gasteiger partial charge is 0.356 e. The van der Waals surface area contributed by atoms with Gasteiger partial charge in [-0.05, 0) is 12.1 Å². The Balaban J connectivity index is 1.86. The Morgan fingerprint density at radius 2 is 1.85 bits per heavy atom. The molecule has 0 bridgehead atoms. The molecular formula is C16H10N3O. The molecule has 4 nitrogen and oxygen atoms in total. The molecule has 1 aromatic heterocycles. The van der Waals surface area contributed by atoms with Crippen molar-refractivity contribution in [3.8, 4) is 5.75 Å². The topological polar surface area (TPSA) is 47.4 Å². The lowest BCUT2D eigenvalue weighted by Crippen LogP contribution is -2.13. The van der Waals surface area contributed by atoms with Gasteiger partial charge in [-0.2, -0.15) is 0 Å². The van der Waals surface area contributed by atoms with E-state index in [1.165, 1.54) is 0 Å². The molecule has 4 heteroatoms. The molecule has 1 aliphatic heterocycles. The predicted octanol–water partition coefficient (Wildman–Crippen LogP) is 3.02. The first kappa shape index (κ1) is 11.1. The Morgan fingerprint density at radius 1 is 1.00 bits per heavy atom. The summed E-state index contributed by atoms with van der Waals surface area (Å²) in [6, 6.07) is 15.7. The number of para-hydroxylation sites is 2. The summed E-state index contributed by atoms with van der Waals surface area (Å²) >= 11 is 0. The second-order valence-electron chi connectivity index (χ2n) is 4.57. The van der Waals surface area contributed by atoms with Gasteiger partial charge in [0.2, 0.25) is 0 Å². The molecule has 0 amide bonds. The first-order chi connectivity index (χ1) is 9.92. The summed E-state index contributed by atoms with van der Waals surface area (Å²) in [5, 5.41) is 4.85. The maximum atomic E-state index is 5.22. The van der Waals surface area contributed by atoms with Crippen molar-refractivity contribution in [2.24, 2.45) is 5.16 Å². The number of hydrogen-bond acceptors (Lipinski definition) is 4. The van der Waals surface area contributed by atoms with Gasteiger partial charge in [0.1, 0.15) is 12.0 Å². The van der Waals surface area contributed by atoms with Gasteiger partial charge < -0.3 is 4.84 Å². The summed E-state index contributed by atoms with van der Waals surface area (Å²) in [6.07, 6.45) is 4.76. The lowest BCUT2D eigenvalue weighted by atomic mass is 9.97. The molecular weight excluding hydrogens is 250 g/mol. The molecule has 1 radical (unpaired) electrons. The van der Waals surface area contributed by atoms with Crippen LogP contribution in [0.15, 0.2) is 59.9 Å². The zero-order valence-electron chi connectivity index (χ0n) is 10.5. The zero-order chi connectivity index (χ0) is 13.4. The maximum Gasteiger partial charge on any atom is 0.162 e. The Kier molecular flexibility index (Phi) is 2.45. The van der Waals surface area contributed by atoms with Crippen molar-refractivity contribution in [3.63, 3.8) is 0 Å². The molecule has 0 spiro atoms. The van der Waals surface area contributed by atoms with E-state index >= 15 is 0 Å². The van der Waals surface area contributed by atoms with E-state index in [1.54, 1.807) is 0 Å². The van der Waals surface area contributed by atoms with Crippen LogP contribution in [-0.4, -0.2) is 16.2 Å². The highest BCUT2D eigenvalue weighted by Crippen LogP contribution is 2.32. The smallest absolute Gasteiger partial charge is 0.162 e. The van der Waals surface area contributed by atoms with Crippen LogP contribution in [0.1, 0.15) is 17.3 Å². The van der Waals surface area contributed by atoms with E-state index in [9.17, 15) is 0 Å². The number of aromatic nitrogens is 2. The normalized spacial score (nSPS) is 16.7. The van der Waals surface area contributed by atoms with Crippen LogP contribution >= 0.6 is 0 Å². The van der Waals surface area contributed by atoms with Gasteiger partial charge in [0.15, 0.2) is 5.75 Å². The van der Waals surface area contributed by atoms with Crippen molar-refractivity contribution in [2.45, 2.75) is 5.92 Å². The van der Waals surface area contributed by atoms with Crippen molar-refractivity contribution in [2.75, 3.05) is 0 Å². The Hall–Kier alpha value is -2.75. The van der Waals surface area contributed by atoms with Gasteiger partial charge in [0.25, 0.3) is 0 Å². The summed E-state index contributed by atoms with van der Waals surface area (Å²) in [5.41, 5.74) is 1.90. The molecule has 0 saturated carbocycles. The molecule has 1 atom stereocenters. The molecule has 95 valence electrons. The molecule has 0 fully saturated rings. The Labute approximate surface area is 115 Å². The summed E-state index contributed by atoms with van der Waals surface area (Å²) in [6.45, 7) is 0. The van der Waals surface area contributed by atoms with Crippen LogP contribution in [0, 0.1) is 0 Å². The van der Waals surface area contributed by atoms with E-state index in [1.807, 2.05) is 54.7 Å². The van der Waals surface area contributed by atoms with Crippen molar-refractivity contribution < 1.29 is 4.84 Å². The van der Waals surface area contributed by atoms with Crippen LogP contribution in [0.3, 0.4) is 0 Å². The third kappa shape index (κ3) is 1.73. The van der Waals surface area contributed by atoms with Crippen molar-refractivity contribution in [1.82, 2.24) is 9.97 Å². The fraction of sp³-hybridized carbons (Fsp3) is 0.0625. The van der Waals surface area contributed by atoms with Gasteiger partial charge in [-0.1, -0.05) is 41.6 Å². The minimum absolute atomic E-state index is 0.190. The number of hydrogen-bond donors (Lipinski definition) is 0. The highest BCUT2D eigenvalue weighted by molar-refractivity contribution is 5.79. The van der Waals surface area contributed by atoms with Crippen molar-refractivity contribution in [3.05, 3.63) is 66.1 Å². The Morgan fingerprint density at radius 3 is 2.85 bits per heavy atom. The minimum atomic E-state index is -0.190. The molecule has 1 unspecified atom stereocenters. The quantitative estimate of drug-likeness (QED) is 0.675. The average Bonchev–Trinajstić information content (AvgIpc) is 2.54. The van der Waals surface area contributed by atoms with Crippen LogP contribution in [0.25, 0.3) is 10.9 Å². The van der Waals surface area contributed by atoms with Gasteiger partial charge >= 0.3 is 0 Å². The number of nitrogens with zero attached hydrogens (tertiary/aromatic N) is 3. The van der Waals surface area contributed by atoms with E-state index < -0.39 is 0 Å². The van der Waals surface area contributed by atoms with Crippen LogP contribution in [-0.2, 0) is 0 Å². The van der Waals surface area contributed by atoms with Gasteiger partial charge in [-0.3, -0.25) is 0 Å². The second-order valence-corrected chi connectivity index (χ2v) is 4.57. The number of rotatable bonds is 1. The van der Waals surface area contributed by atoms with Gasteiger partial charge in [0.05, 0.1) is 11.4 Å². The first-order valence-corrected chi connectivity index (χ1v) is 6.35. The molecule has 4 rings (SSSR count). The molecule has 20 heavy (non-hydrogen) atoms. The molecule has 2 aromatic carbocycles. The number of benzene rings is 2. The molecule has 0 N–H and O–H groups in total. The lowest BCUT2D eigenvalue weighted by Gasteiger charge is -2.17. The molecule has 2 heterocycles. The van der Waals surface area contributed by atoms with E-state index in [0.717, 1.165) is 22.2 Å². The SMILES string of the molecule is [C]1=NOc2ccccc2C1c1ncc2ccccc2n1. The number of fused-ring (bicyclic) bond motifs is 2. The van der Waals surface area contributed by atoms with Gasteiger partial charge in [0, 0.05) is 17.1 Å². The molecule has 0 aliphatic carbocycles. The minimum Gasteiger partial charge on any atom is -0.356 e. The predicted molar refractivity (Wildman–Crippen MR) is 75.9 cm³/mol. The Bertz CT molecular complexity index is 813. The van der Waals surface area contributed by atoms with E-state index in [2.05, 4.69) is 21.3 Å². The lowest BCUT2D eigenvalue weighted by molar-refractivity contribution is 0.330. The van der Waals surface area contributed by atoms with E-state index in [0.29, 0.717) is 5.82 Å². The maximum absolute atomic E-state index is 5.22. The molecule has 0 saturated heterocycles. The average molecular weight is 260 g/mol. The van der Waals surface area contributed by atoms with Crippen LogP contribution < -0.4 is 4.84 Å². The van der Waals surface area contributed by atoms with E-state index in [-0.39, 0.29) is 5.92 Å². The van der Waals surface area contributed by atoms with Crippen molar-refractivity contribution >= 4 is 17.1 Å². The van der Waals surface area contributed by atoms with Crippen LogP contribution in [0.4, 0.5) is 0 Å². The van der Waals surface area contributed by atoms with Crippen LogP contribution in [0.2, 0.25) is 0 Å². The molecule has 3 aromatic rings. The summed E-state index contributed by atoms with van der Waals surface area (Å²) in [4.78, 5) is 14.3. The van der Waals surface area contributed by atoms with Crippen LogP contribution in [0.5, 0.6) is 5.75 Å². The molecule has 1 aliphatic rings. The zero-order valence-corrected chi connectivity index (χ0v) is 10.5. The standard InChI is InChI=1S/C16H10N3O/c1-3-7-14-11(5-1)9-17-16(19-14)13-10-18-20-15-8-4-2-6-12(13)15/h1-9,13H. The third-order valence-electron chi connectivity index (χ3n) is 3.32. The highest BCUT2D eigenvalue weighted by Gasteiger charge is 2.23. The van der Waals surface area contributed by atoms with Gasteiger partial charge in [-0.25, -0.2) is 9.97 Å². The summed E-state index contributed by atoms with van der Waals surface area (Å²) in [5.74, 6) is 1.22. The third-order valence-corrected chi connectivity index (χ3v) is 3.32. The fourth-order valence-electron chi connectivity index (χ4n) is 2.32. The summed E-state index contributed by atoms with van der Waals surface area (Å²) in [7, 11) is 0. The van der Waals surface area contributed by atoms with Crippen molar-refractivity contribution in [1.29, 1.82) is 0 Å². The monoisotopic (exact) mass is 260 g/mol. The fourth-order valence-corrected chi connectivity index (χ4v) is 2.32. The summed E-state index contributed by atoms with van der Waals surface area (Å²) < 4.78 is 0.